The quantitative estimate of drug-likeness (QED) is 0.413. The summed E-state index contributed by atoms with van der Waals surface area (Å²) in [5, 5.41) is 8.87. The van der Waals surface area contributed by atoms with Gasteiger partial charge in [-0.25, -0.2) is 31.9 Å². The van der Waals surface area contributed by atoms with E-state index in [1.165, 1.54) is 36.4 Å². The van der Waals surface area contributed by atoms with Crippen LogP contribution in [0, 0.1) is 11.6 Å². The molecule has 9 heteroatoms. The molecule has 1 heterocycles. The smallest absolute Gasteiger partial charge is 0.240 e. The van der Waals surface area contributed by atoms with Crippen molar-refractivity contribution in [3.05, 3.63) is 78.4 Å². The SMILES string of the molecule is O=S(=O)(NCCCO)c1ccc2nc(-c3ccc(F)cc3)c(-c3ccc(F)cc3)nc2c1. The number of rotatable bonds is 7. The zero-order valence-corrected chi connectivity index (χ0v) is 17.6. The molecule has 4 rings (SSSR count). The molecule has 0 aliphatic rings. The van der Waals surface area contributed by atoms with Gasteiger partial charge in [0.2, 0.25) is 10.0 Å². The lowest BCUT2D eigenvalue weighted by Gasteiger charge is -2.12. The number of aliphatic hydroxyl groups is 1. The highest BCUT2D eigenvalue weighted by Crippen LogP contribution is 2.31. The molecule has 0 spiro atoms. The molecule has 0 aliphatic heterocycles. The van der Waals surface area contributed by atoms with Gasteiger partial charge >= 0.3 is 0 Å². The summed E-state index contributed by atoms with van der Waals surface area (Å²) in [6.07, 6.45) is 0.294. The first-order chi connectivity index (χ1) is 15.4. The van der Waals surface area contributed by atoms with E-state index in [1.54, 1.807) is 30.3 Å². The second kappa shape index (κ2) is 9.07. The van der Waals surface area contributed by atoms with Crippen molar-refractivity contribution in [2.24, 2.45) is 0 Å². The van der Waals surface area contributed by atoms with Gasteiger partial charge in [-0.2, -0.15) is 0 Å². The zero-order chi connectivity index (χ0) is 22.7. The van der Waals surface area contributed by atoms with Crippen molar-refractivity contribution in [2.45, 2.75) is 11.3 Å². The van der Waals surface area contributed by atoms with Crippen molar-refractivity contribution in [2.75, 3.05) is 13.2 Å². The molecule has 0 fully saturated rings. The van der Waals surface area contributed by atoms with E-state index in [-0.39, 0.29) is 18.0 Å². The minimum Gasteiger partial charge on any atom is -0.396 e. The van der Waals surface area contributed by atoms with Crippen LogP contribution in [-0.2, 0) is 10.0 Å². The second-order valence-electron chi connectivity index (χ2n) is 7.06. The van der Waals surface area contributed by atoms with Gasteiger partial charge in [-0.05, 0) is 73.2 Å². The minimum atomic E-state index is -3.79. The summed E-state index contributed by atoms with van der Waals surface area (Å²) in [6, 6.07) is 15.8. The molecule has 0 atom stereocenters. The van der Waals surface area contributed by atoms with Crippen molar-refractivity contribution in [3.8, 4) is 22.5 Å². The third-order valence-corrected chi connectivity index (χ3v) is 6.27. The molecule has 0 amide bonds. The number of aliphatic hydroxyl groups excluding tert-OH is 1. The molecule has 32 heavy (non-hydrogen) atoms. The molecule has 0 bridgehead atoms. The monoisotopic (exact) mass is 455 g/mol. The highest BCUT2D eigenvalue weighted by atomic mass is 32.2. The van der Waals surface area contributed by atoms with Crippen LogP contribution in [0.5, 0.6) is 0 Å². The van der Waals surface area contributed by atoms with Gasteiger partial charge in [0.25, 0.3) is 0 Å². The van der Waals surface area contributed by atoms with Crippen LogP contribution in [0.2, 0.25) is 0 Å². The lowest BCUT2D eigenvalue weighted by atomic mass is 10.0. The molecule has 0 saturated heterocycles. The van der Waals surface area contributed by atoms with Gasteiger partial charge in [0, 0.05) is 24.3 Å². The Bertz CT molecular complexity index is 1360. The largest absolute Gasteiger partial charge is 0.396 e. The molecule has 4 aromatic rings. The molecular weight excluding hydrogens is 436 g/mol. The normalized spacial score (nSPS) is 11.7. The Morgan fingerprint density at radius 3 is 1.84 bits per heavy atom. The van der Waals surface area contributed by atoms with Crippen molar-refractivity contribution in [3.63, 3.8) is 0 Å². The fraction of sp³-hybridized carbons (Fsp3) is 0.130. The average Bonchev–Trinajstić information content (AvgIpc) is 2.79. The van der Waals surface area contributed by atoms with E-state index < -0.39 is 21.7 Å². The summed E-state index contributed by atoms with van der Waals surface area (Å²) >= 11 is 0. The zero-order valence-electron chi connectivity index (χ0n) is 16.8. The number of nitrogens with zero attached hydrogens (tertiary/aromatic N) is 2. The number of halogens is 2. The van der Waals surface area contributed by atoms with Gasteiger partial charge < -0.3 is 5.11 Å². The van der Waals surface area contributed by atoms with E-state index >= 15 is 0 Å². The van der Waals surface area contributed by atoms with Crippen LogP contribution in [0.1, 0.15) is 6.42 Å². The molecule has 3 aromatic carbocycles. The summed E-state index contributed by atoms with van der Waals surface area (Å²) < 4.78 is 54.4. The van der Waals surface area contributed by atoms with E-state index in [2.05, 4.69) is 14.7 Å². The van der Waals surface area contributed by atoms with E-state index in [0.717, 1.165) is 0 Å². The van der Waals surface area contributed by atoms with Crippen LogP contribution in [0.4, 0.5) is 8.78 Å². The third-order valence-electron chi connectivity index (χ3n) is 4.81. The van der Waals surface area contributed by atoms with Gasteiger partial charge in [0.15, 0.2) is 0 Å². The van der Waals surface area contributed by atoms with Crippen molar-refractivity contribution in [1.29, 1.82) is 0 Å². The Labute approximate surface area is 183 Å². The van der Waals surface area contributed by atoms with Crippen molar-refractivity contribution in [1.82, 2.24) is 14.7 Å². The highest BCUT2D eigenvalue weighted by Gasteiger charge is 2.18. The number of nitrogens with one attached hydrogen (secondary N) is 1. The van der Waals surface area contributed by atoms with Gasteiger partial charge in [-0.3, -0.25) is 0 Å². The molecule has 0 saturated carbocycles. The van der Waals surface area contributed by atoms with Crippen LogP contribution in [0.25, 0.3) is 33.5 Å². The topological polar surface area (TPSA) is 92.2 Å². The molecule has 0 radical (unpaired) electrons. The van der Waals surface area contributed by atoms with Crippen LogP contribution >= 0.6 is 0 Å². The number of benzene rings is 3. The second-order valence-corrected chi connectivity index (χ2v) is 8.83. The maximum absolute atomic E-state index is 13.5. The molecule has 164 valence electrons. The summed E-state index contributed by atoms with van der Waals surface area (Å²) in [4.78, 5) is 9.29. The van der Waals surface area contributed by atoms with E-state index in [0.29, 0.717) is 40.0 Å². The van der Waals surface area contributed by atoms with E-state index in [9.17, 15) is 17.2 Å². The first-order valence-corrected chi connectivity index (χ1v) is 11.3. The molecule has 2 N–H and O–H groups in total. The number of sulfonamides is 1. The number of hydrogen-bond donors (Lipinski definition) is 2. The third kappa shape index (κ3) is 4.64. The fourth-order valence-electron chi connectivity index (χ4n) is 3.19. The Hall–Kier alpha value is -3.27. The Kier molecular flexibility index (Phi) is 6.22. The van der Waals surface area contributed by atoms with E-state index in [1.807, 2.05) is 0 Å². The highest BCUT2D eigenvalue weighted by molar-refractivity contribution is 7.89. The summed E-state index contributed by atoms with van der Waals surface area (Å²) in [5.41, 5.74) is 2.84. The predicted octanol–water partition coefficient (Wildman–Crippen LogP) is 3.90. The van der Waals surface area contributed by atoms with Crippen molar-refractivity contribution >= 4 is 21.1 Å². The summed E-state index contributed by atoms with van der Waals surface area (Å²) in [6.45, 7) is -0.0220. The molecule has 1 aromatic heterocycles. The lowest BCUT2D eigenvalue weighted by molar-refractivity contribution is 0.289. The average molecular weight is 455 g/mol. The van der Waals surface area contributed by atoms with Crippen LogP contribution in [-0.4, -0.2) is 36.6 Å². The van der Waals surface area contributed by atoms with Gasteiger partial charge in [-0.1, -0.05) is 0 Å². The first-order valence-electron chi connectivity index (χ1n) is 9.81. The Morgan fingerprint density at radius 2 is 1.31 bits per heavy atom. The van der Waals surface area contributed by atoms with Crippen molar-refractivity contribution < 1.29 is 22.3 Å². The first kappa shape index (κ1) is 21.9. The van der Waals surface area contributed by atoms with Crippen LogP contribution in [0.15, 0.2) is 71.6 Å². The van der Waals surface area contributed by atoms with Crippen LogP contribution in [0.3, 0.4) is 0 Å². The number of hydrogen-bond acceptors (Lipinski definition) is 5. The molecule has 0 unspecified atom stereocenters. The van der Waals surface area contributed by atoms with Crippen LogP contribution < -0.4 is 4.72 Å². The Morgan fingerprint density at radius 1 is 0.781 bits per heavy atom. The fourth-order valence-corrected chi connectivity index (χ4v) is 4.28. The standard InChI is InChI=1S/C23H19F2N3O3S/c24-17-6-2-15(3-7-17)22-23(16-4-8-18(25)9-5-16)28-21-14-19(10-11-20(21)27-22)32(30,31)26-12-1-13-29/h2-11,14,26,29H,1,12-13H2. The predicted molar refractivity (Wildman–Crippen MR) is 117 cm³/mol. The number of fused-ring (bicyclic) bond motifs is 1. The lowest BCUT2D eigenvalue weighted by Crippen LogP contribution is -2.25. The van der Waals surface area contributed by atoms with Gasteiger partial charge in [-0.15, -0.1) is 0 Å². The Balaban J connectivity index is 1.87. The van der Waals surface area contributed by atoms with E-state index in [4.69, 9.17) is 5.11 Å². The summed E-state index contributed by atoms with van der Waals surface area (Å²) in [5.74, 6) is -0.803. The van der Waals surface area contributed by atoms with Gasteiger partial charge in [0.05, 0.1) is 27.3 Å². The maximum atomic E-state index is 13.5. The molecular formula is C23H19F2N3O3S. The molecule has 0 aliphatic carbocycles. The molecule has 6 nitrogen and oxygen atoms in total. The van der Waals surface area contributed by atoms with Gasteiger partial charge in [0.1, 0.15) is 11.6 Å². The maximum Gasteiger partial charge on any atom is 0.240 e. The number of aromatic nitrogens is 2. The minimum absolute atomic E-state index is 0.0110. The summed E-state index contributed by atoms with van der Waals surface area (Å²) in [7, 11) is -3.79.